The Morgan fingerprint density at radius 2 is 2.13 bits per heavy atom. The van der Waals surface area contributed by atoms with E-state index >= 15 is 0 Å². The number of nitro benzene ring substituents is 1. The van der Waals surface area contributed by atoms with E-state index in [4.69, 9.17) is 5.11 Å². The van der Waals surface area contributed by atoms with Gasteiger partial charge in [0.25, 0.3) is 5.69 Å². The van der Waals surface area contributed by atoms with E-state index in [0.717, 1.165) is 12.0 Å². The van der Waals surface area contributed by atoms with E-state index in [9.17, 15) is 19.7 Å². The molecule has 23 heavy (non-hydrogen) atoms. The summed E-state index contributed by atoms with van der Waals surface area (Å²) in [7, 11) is 0. The molecular weight excluding hydrogens is 302 g/mol. The van der Waals surface area contributed by atoms with Crippen molar-refractivity contribution in [2.45, 2.75) is 19.8 Å². The Morgan fingerprint density at radius 1 is 1.39 bits per heavy atom. The Balaban J connectivity index is 2.14. The molecule has 1 aliphatic heterocycles. The van der Waals surface area contributed by atoms with Crippen molar-refractivity contribution in [3.05, 3.63) is 33.9 Å². The normalized spacial score (nSPS) is 13.2. The first-order valence-electron chi connectivity index (χ1n) is 7.44. The van der Waals surface area contributed by atoms with Gasteiger partial charge in [0.05, 0.1) is 23.7 Å². The number of fused-ring (bicyclic) bond motifs is 1. The van der Waals surface area contributed by atoms with Gasteiger partial charge < -0.3 is 10.0 Å². The SMILES string of the molecule is CCCN(CC(=O)O)CC(=O)N1CCc2ccc([N+](=O)[O-])cc21. The first-order valence-corrected chi connectivity index (χ1v) is 7.44. The predicted octanol–water partition coefficient (Wildman–Crippen LogP) is 1.28. The largest absolute Gasteiger partial charge is 0.480 e. The number of hydrogen-bond acceptors (Lipinski definition) is 5. The zero-order chi connectivity index (χ0) is 17.0. The van der Waals surface area contributed by atoms with E-state index in [-0.39, 0.29) is 24.7 Å². The zero-order valence-corrected chi connectivity index (χ0v) is 12.9. The minimum absolute atomic E-state index is 0.0116. The number of benzene rings is 1. The third kappa shape index (κ3) is 4.04. The van der Waals surface area contributed by atoms with Gasteiger partial charge in [-0.1, -0.05) is 13.0 Å². The minimum atomic E-state index is -0.983. The topological polar surface area (TPSA) is 104 Å². The van der Waals surface area contributed by atoms with Crippen LogP contribution in [0.2, 0.25) is 0 Å². The lowest BCUT2D eigenvalue weighted by molar-refractivity contribution is -0.384. The molecule has 1 heterocycles. The molecule has 0 fully saturated rings. The highest BCUT2D eigenvalue weighted by Gasteiger charge is 2.28. The molecule has 0 saturated heterocycles. The van der Waals surface area contributed by atoms with Crippen LogP contribution in [0.4, 0.5) is 11.4 Å². The number of nitro groups is 1. The van der Waals surface area contributed by atoms with E-state index in [1.807, 2.05) is 6.92 Å². The van der Waals surface area contributed by atoms with E-state index < -0.39 is 10.9 Å². The van der Waals surface area contributed by atoms with Crippen molar-refractivity contribution in [3.63, 3.8) is 0 Å². The number of carboxylic acids is 1. The summed E-state index contributed by atoms with van der Waals surface area (Å²) < 4.78 is 0. The van der Waals surface area contributed by atoms with Gasteiger partial charge in [0.1, 0.15) is 0 Å². The van der Waals surface area contributed by atoms with Crippen molar-refractivity contribution in [2.24, 2.45) is 0 Å². The highest BCUT2D eigenvalue weighted by Crippen LogP contribution is 2.31. The third-order valence-electron chi connectivity index (χ3n) is 3.73. The lowest BCUT2D eigenvalue weighted by Crippen LogP contribution is -2.42. The lowest BCUT2D eigenvalue weighted by Gasteiger charge is -2.23. The predicted molar refractivity (Wildman–Crippen MR) is 83.5 cm³/mol. The smallest absolute Gasteiger partial charge is 0.317 e. The molecule has 0 aromatic heterocycles. The molecule has 1 amide bonds. The molecule has 0 spiro atoms. The van der Waals surface area contributed by atoms with Crippen molar-refractivity contribution >= 4 is 23.3 Å². The molecule has 0 unspecified atom stereocenters. The number of aliphatic carboxylic acids is 1. The second kappa shape index (κ2) is 7.19. The number of amides is 1. The Kier molecular flexibility index (Phi) is 5.28. The monoisotopic (exact) mass is 321 g/mol. The molecule has 0 bridgehead atoms. The fourth-order valence-corrected chi connectivity index (χ4v) is 2.74. The van der Waals surface area contributed by atoms with Crippen LogP contribution in [0.5, 0.6) is 0 Å². The van der Waals surface area contributed by atoms with Gasteiger partial charge in [0.15, 0.2) is 0 Å². The zero-order valence-electron chi connectivity index (χ0n) is 12.9. The molecule has 8 heteroatoms. The first kappa shape index (κ1) is 16.9. The van der Waals surface area contributed by atoms with Gasteiger partial charge in [-0.25, -0.2) is 0 Å². The Morgan fingerprint density at radius 3 is 2.74 bits per heavy atom. The van der Waals surface area contributed by atoms with E-state index in [0.29, 0.717) is 25.2 Å². The summed E-state index contributed by atoms with van der Waals surface area (Å²) >= 11 is 0. The van der Waals surface area contributed by atoms with Crippen molar-refractivity contribution in [3.8, 4) is 0 Å². The highest BCUT2D eigenvalue weighted by molar-refractivity contribution is 5.97. The standard InChI is InChI=1S/C15H19N3O5/c1-2-6-16(10-15(20)21)9-14(19)17-7-5-11-3-4-12(18(22)23)8-13(11)17/h3-4,8H,2,5-7,9-10H2,1H3,(H,20,21). The maximum absolute atomic E-state index is 12.5. The first-order chi connectivity index (χ1) is 10.9. The van der Waals surface area contributed by atoms with Crippen LogP contribution in [0.25, 0.3) is 0 Å². The van der Waals surface area contributed by atoms with Gasteiger partial charge in [-0.2, -0.15) is 0 Å². The van der Waals surface area contributed by atoms with Crippen molar-refractivity contribution in [2.75, 3.05) is 31.1 Å². The molecule has 124 valence electrons. The average Bonchev–Trinajstić information content (AvgIpc) is 2.89. The van der Waals surface area contributed by atoms with Crippen LogP contribution in [-0.4, -0.2) is 53.0 Å². The summed E-state index contributed by atoms with van der Waals surface area (Å²) in [5.41, 5.74) is 1.39. The van der Waals surface area contributed by atoms with Gasteiger partial charge in [0.2, 0.25) is 5.91 Å². The van der Waals surface area contributed by atoms with Crippen LogP contribution < -0.4 is 4.90 Å². The fraction of sp³-hybridized carbons (Fsp3) is 0.467. The van der Waals surface area contributed by atoms with Crippen LogP contribution in [0, 0.1) is 10.1 Å². The molecule has 2 rings (SSSR count). The minimum Gasteiger partial charge on any atom is -0.480 e. The Bertz CT molecular complexity index is 632. The average molecular weight is 321 g/mol. The highest BCUT2D eigenvalue weighted by atomic mass is 16.6. The number of nitrogens with zero attached hydrogens (tertiary/aromatic N) is 3. The third-order valence-corrected chi connectivity index (χ3v) is 3.73. The molecule has 0 aliphatic carbocycles. The summed E-state index contributed by atoms with van der Waals surface area (Å²) in [5, 5.41) is 19.8. The van der Waals surface area contributed by atoms with Gasteiger partial charge in [-0.05, 0) is 24.9 Å². The number of carboxylic acid groups (broad SMARTS) is 1. The number of rotatable bonds is 7. The summed E-state index contributed by atoms with van der Waals surface area (Å²) in [6.07, 6.45) is 1.38. The van der Waals surface area contributed by atoms with Gasteiger partial charge in [-0.3, -0.25) is 24.6 Å². The fourth-order valence-electron chi connectivity index (χ4n) is 2.74. The molecule has 1 N–H and O–H groups in total. The second-order valence-electron chi connectivity index (χ2n) is 5.47. The maximum atomic E-state index is 12.5. The summed E-state index contributed by atoms with van der Waals surface area (Å²) in [6.45, 7) is 2.67. The summed E-state index contributed by atoms with van der Waals surface area (Å²) in [4.78, 5) is 36.8. The lowest BCUT2D eigenvalue weighted by atomic mass is 10.1. The van der Waals surface area contributed by atoms with Crippen LogP contribution in [0.3, 0.4) is 0 Å². The molecule has 1 aromatic rings. The number of non-ortho nitro benzene ring substituents is 1. The Labute approximate surface area is 133 Å². The molecule has 8 nitrogen and oxygen atoms in total. The number of carbonyl (C=O) groups excluding carboxylic acids is 1. The van der Waals surface area contributed by atoms with E-state index in [1.165, 1.54) is 17.0 Å². The molecule has 0 atom stereocenters. The van der Waals surface area contributed by atoms with Crippen LogP contribution >= 0.6 is 0 Å². The van der Waals surface area contributed by atoms with Crippen molar-refractivity contribution in [1.82, 2.24) is 4.90 Å². The van der Waals surface area contributed by atoms with E-state index in [2.05, 4.69) is 0 Å². The van der Waals surface area contributed by atoms with Gasteiger partial charge in [-0.15, -0.1) is 0 Å². The number of hydrogen-bond donors (Lipinski definition) is 1. The Hall–Kier alpha value is -2.48. The van der Waals surface area contributed by atoms with Crippen LogP contribution in [-0.2, 0) is 16.0 Å². The van der Waals surface area contributed by atoms with Crippen LogP contribution in [0.1, 0.15) is 18.9 Å². The number of anilines is 1. The number of carbonyl (C=O) groups is 2. The quantitative estimate of drug-likeness (QED) is 0.599. The van der Waals surface area contributed by atoms with Gasteiger partial charge >= 0.3 is 5.97 Å². The molecule has 1 aliphatic rings. The maximum Gasteiger partial charge on any atom is 0.317 e. The van der Waals surface area contributed by atoms with Crippen LogP contribution in [0.15, 0.2) is 18.2 Å². The molecule has 1 aromatic carbocycles. The van der Waals surface area contributed by atoms with Crippen molar-refractivity contribution in [1.29, 1.82) is 0 Å². The second-order valence-corrected chi connectivity index (χ2v) is 5.47. The summed E-state index contributed by atoms with van der Waals surface area (Å²) in [5.74, 6) is -1.22. The molecule has 0 radical (unpaired) electrons. The van der Waals surface area contributed by atoms with E-state index in [1.54, 1.807) is 11.0 Å². The van der Waals surface area contributed by atoms with Crippen molar-refractivity contribution < 1.29 is 19.6 Å². The van der Waals surface area contributed by atoms with Gasteiger partial charge in [0, 0.05) is 18.7 Å². The molecular formula is C15H19N3O5. The summed E-state index contributed by atoms with van der Waals surface area (Å²) in [6, 6.07) is 4.50. The molecule has 0 saturated carbocycles.